The monoisotopic (exact) mass is 208 g/mol. The molecule has 1 N–H and O–H groups in total. The van der Waals surface area contributed by atoms with Crippen LogP contribution in [0.5, 0.6) is 5.75 Å². The van der Waals surface area contributed by atoms with Crippen molar-refractivity contribution in [2.75, 3.05) is 13.2 Å². The first-order chi connectivity index (χ1) is 7.36. The van der Waals surface area contributed by atoms with Crippen molar-refractivity contribution in [3.63, 3.8) is 0 Å². The third-order valence-corrected chi connectivity index (χ3v) is 2.07. The predicted octanol–water partition coefficient (Wildman–Crippen LogP) is 2.04. The van der Waals surface area contributed by atoms with Crippen LogP contribution in [0.2, 0.25) is 0 Å². The highest BCUT2D eigenvalue weighted by molar-refractivity contribution is 5.75. The van der Waals surface area contributed by atoms with Crippen LogP contribution >= 0.6 is 0 Å². The van der Waals surface area contributed by atoms with E-state index >= 15 is 0 Å². The highest BCUT2D eigenvalue weighted by Crippen LogP contribution is 2.12. The second-order valence-corrected chi connectivity index (χ2v) is 3.32. The van der Waals surface area contributed by atoms with Crippen LogP contribution < -0.4 is 4.74 Å². The Hall–Kier alpha value is -1.35. The van der Waals surface area contributed by atoms with Gasteiger partial charge in [-0.05, 0) is 31.4 Å². The molecule has 1 aromatic carbocycles. The molecule has 0 spiro atoms. The Morgan fingerprint density at radius 3 is 2.87 bits per heavy atom. The summed E-state index contributed by atoms with van der Waals surface area (Å²) < 4.78 is 5.45. The van der Waals surface area contributed by atoms with Gasteiger partial charge in [0.25, 0.3) is 0 Å². The Labute approximate surface area is 89.7 Å². The maximum Gasteiger partial charge on any atom is 0.150 e. The number of hydrogen-bond acceptors (Lipinski definition) is 3. The van der Waals surface area contributed by atoms with Crippen LogP contribution in [-0.2, 0) is 0 Å². The molecule has 82 valence electrons. The van der Waals surface area contributed by atoms with E-state index in [1.54, 1.807) is 18.2 Å². The van der Waals surface area contributed by atoms with Crippen molar-refractivity contribution in [1.29, 1.82) is 0 Å². The summed E-state index contributed by atoms with van der Waals surface area (Å²) in [5.41, 5.74) is 0.628. The fourth-order valence-electron chi connectivity index (χ4n) is 1.26. The van der Waals surface area contributed by atoms with Crippen molar-refractivity contribution in [3.8, 4) is 5.75 Å². The minimum absolute atomic E-state index is 0.237. The van der Waals surface area contributed by atoms with Gasteiger partial charge < -0.3 is 9.84 Å². The number of rotatable bonds is 7. The molecule has 0 fully saturated rings. The first-order valence-corrected chi connectivity index (χ1v) is 5.15. The number of ether oxygens (including phenoxy) is 1. The topological polar surface area (TPSA) is 46.5 Å². The number of aliphatic hydroxyl groups is 1. The minimum Gasteiger partial charge on any atom is -0.494 e. The van der Waals surface area contributed by atoms with Gasteiger partial charge in [0.1, 0.15) is 12.0 Å². The predicted molar refractivity (Wildman–Crippen MR) is 58.3 cm³/mol. The lowest BCUT2D eigenvalue weighted by Crippen LogP contribution is -1.98. The van der Waals surface area contributed by atoms with Crippen LogP contribution in [-0.4, -0.2) is 24.6 Å². The average molecular weight is 208 g/mol. The second-order valence-electron chi connectivity index (χ2n) is 3.32. The van der Waals surface area contributed by atoms with Gasteiger partial charge in [-0.3, -0.25) is 4.79 Å². The van der Waals surface area contributed by atoms with Gasteiger partial charge >= 0.3 is 0 Å². The van der Waals surface area contributed by atoms with Crippen molar-refractivity contribution in [2.45, 2.75) is 19.3 Å². The number of carbonyl (C=O) groups is 1. The smallest absolute Gasteiger partial charge is 0.150 e. The van der Waals surface area contributed by atoms with E-state index < -0.39 is 0 Å². The maximum atomic E-state index is 10.5. The fourth-order valence-corrected chi connectivity index (χ4v) is 1.26. The molecular formula is C12H16O3. The fraction of sp³-hybridized carbons (Fsp3) is 0.417. The Bertz CT molecular complexity index is 297. The molecule has 0 heterocycles. The largest absolute Gasteiger partial charge is 0.494 e. The Morgan fingerprint density at radius 2 is 2.13 bits per heavy atom. The average Bonchev–Trinajstić information content (AvgIpc) is 2.29. The lowest BCUT2D eigenvalue weighted by atomic mass is 10.2. The first-order valence-electron chi connectivity index (χ1n) is 5.15. The van der Waals surface area contributed by atoms with Gasteiger partial charge in [-0.2, -0.15) is 0 Å². The van der Waals surface area contributed by atoms with E-state index in [-0.39, 0.29) is 6.61 Å². The van der Waals surface area contributed by atoms with Gasteiger partial charge in [-0.1, -0.05) is 12.1 Å². The molecule has 3 nitrogen and oxygen atoms in total. The summed E-state index contributed by atoms with van der Waals surface area (Å²) in [7, 11) is 0. The zero-order valence-corrected chi connectivity index (χ0v) is 8.69. The minimum atomic E-state index is 0.237. The molecule has 0 unspecified atom stereocenters. The SMILES string of the molecule is O=Cc1cccc(OCCCCCO)c1. The van der Waals surface area contributed by atoms with Crippen LogP contribution in [0.3, 0.4) is 0 Å². The van der Waals surface area contributed by atoms with Gasteiger partial charge in [-0.15, -0.1) is 0 Å². The molecule has 15 heavy (non-hydrogen) atoms. The van der Waals surface area contributed by atoms with Crippen molar-refractivity contribution >= 4 is 6.29 Å². The molecule has 0 atom stereocenters. The summed E-state index contributed by atoms with van der Waals surface area (Å²) in [5.74, 6) is 0.726. The van der Waals surface area contributed by atoms with E-state index in [0.29, 0.717) is 12.2 Å². The van der Waals surface area contributed by atoms with E-state index in [2.05, 4.69) is 0 Å². The third kappa shape index (κ3) is 4.61. The molecule has 0 aliphatic rings. The van der Waals surface area contributed by atoms with Crippen molar-refractivity contribution in [1.82, 2.24) is 0 Å². The molecule has 0 aromatic heterocycles. The van der Waals surface area contributed by atoms with E-state index in [9.17, 15) is 4.79 Å². The molecule has 1 aromatic rings. The summed E-state index contributed by atoms with van der Waals surface area (Å²) in [4.78, 5) is 10.5. The summed E-state index contributed by atoms with van der Waals surface area (Å²) >= 11 is 0. The zero-order chi connectivity index (χ0) is 10.9. The highest BCUT2D eigenvalue weighted by Gasteiger charge is 1.95. The van der Waals surface area contributed by atoms with Gasteiger partial charge in [0.05, 0.1) is 6.61 Å². The summed E-state index contributed by atoms with van der Waals surface area (Å²) in [6, 6.07) is 7.09. The van der Waals surface area contributed by atoms with Crippen LogP contribution in [0.15, 0.2) is 24.3 Å². The number of aliphatic hydroxyl groups excluding tert-OH is 1. The standard InChI is InChI=1S/C12H16O3/c13-7-2-1-3-8-15-12-6-4-5-11(9-12)10-14/h4-6,9-10,13H,1-3,7-8H2. The van der Waals surface area contributed by atoms with Crippen LogP contribution in [0, 0.1) is 0 Å². The van der Waals surface area contributed by atoms with Gasteiger partial charge in [-0.25, -0.2) is 0 Å². The van der Waals surface area contributed by atoms with E-state index in [1.807, 2.05) is 6.07 Å². The van der Waals surface area contributed by atoms with Crippen LogP contribution in [0.25, 0.3) is 0 Å². The normalized spacial score (nSPS) is 9.93. The molecule has 0 saturated heterocycles. The second kappa shape index (κ2) is 7.01. The molecule has 3 heteroatoms. The Morgan fingerprint density at radius 1 is 1.27 bits per heavy atom. The van der Waals surface area contributed by atoms with Gasteiger partial charge in [0.15, 0.2) is 0 Å². The molecule has 1 rings (SSSR count). The third-order valence-electron chi connectivity index (χ3n) is 2.07. The summed E-state index contributed by atoms with van der Waals surface area (Å²) in [6.07, 6.45) is 3.51. The molecule has 0 bridgehead atoms. The Kier molecular flexibility index (Phi) is 5.48. The lowest BCUT2D eigenvalue weighted by Gasteiger charge is -2.05. The summed E-state index contributed by atoms with van der Waals surface area (Å²) in [6.45, 7) is 0.864. The van der Waals surface area contributed by atoms with E-state index in [0.717, 1.165) is 31.3 Å². The van der Waals surface area contributed by atoms with Crippen LogP contribution in [0.1, 0.15) is 29.6 Å². The molecule has 0 aliphatic heterocycles. The highest BCUT2D eigenvalue weighted by atomic mass is 16.5. The quantitative estimate of drug-likeness (QED) is 0.551. The van der Waals surface area contributed by atoms with Gasteiger partial charge in [0, 0.05) is 12.2 Å². The number of carbonyl (C=O) groups excluding carboxylic acids is 1. The molecular weight excluding hydrogens is 192 g/mol. The van der Waals surface area contributed by atoms with Crippen molar-refractivity contribution in [2.24, 2.45) is 0 Å². The van der Waals surface area contributed by atoms with Crippen molar-refractivity contribution in [3.05, 3.63) is 29.8 Å². The summed E-state index contributed by atoms with van der Waals surface area (Å²) in [5, 5.41) is 8.57. The van der Waals surface area contributed by atoms with E-state index in [1.165, 1.54) is 0 Å². The molecule has 0 radical (unpaired) electrons. The molecule has 0 saturated carbocycles. The first kappa shape index (κ1) is 11.7. The molecule has 0 aliphatic carbocycles. The zero-order valence-electron chi connectivity index (χ0n) is 8.69. The number of unbranched alkanes of at least 4 members (excludes halogenated alkanes) is 2. The van der Waals surface area contributed by atoms with E-state index in [4.69, 9.17) is 9.84 Å². The maximum absolute atomic E-state index is 10.5. The lowest BCUT2D eigenvalue weighted by molar-refractivity contribution is 0.112. The Balaban J connectivity index is 2.27. The van der Waals surface area contributed by atoms with Crippen LogP contribution in [0.4, 0.5) is 0 Å². The van der Waals surface area contributed by atoms with Crippen molar-refractivity contribution < 1.29 is 14.6 Å². The number of benzene rings is 1. The molecule has 0 amide bonds. The number of aldehydes is 1. The number of hydrogen-bond donors (Lipinski definition) is 1. The van der Waals surface area contributed by atoms with Gasteiger partial charge in [0.2, 0.25) is 0 Å².